The first-order valence-electron chi connectivity index (χ1n) is 6.95. The Balaban J connectivity index is 1.98. The standard InChI is InChI=1S/C16H14ClN3O4/c1-10-2-4-11(5-3-10)9-18-15(21)16(22)19-14-8-12(20(23)24)6-7-13(14)17/h2-8H,9H2,1H3,(H,18,21)(H,19,22). The molecular weight excluding hydrogens is 334 g/mol. The van der Waals surface area contributed by atoms with Crippen LogP contribution in [0.15, 0.2) is 42.5 Å². The Morgan fingerprint density at radius 1 is 1.12 bits per heavy atom. The Labute approximate surface area is 142 Å². The molecule has 2 amide bonds. The van der Waals surface area contributed by atoms with Crippen molar-refractivity contribution in [2.45, 2.75) is 13.5 Å². The number of hydrogen-bond acceptors (Lipinski definition) is 4. The van der Waals surface area contributed by atoms with Crippen molar-refractivity contribution in [3.8, 4) is 0 Å². The molecule has 2 aromatic carbocycles. The number of nitrogens with one attached hydrogen (secondary N) is 2. The van der Waals surface area contributed by atoms with E-state index in [1.807, 2.05) is 31.2 Å². The second-order valence-electron chi connectivity index (χ2n) is 5.04. The zero-order valence-electron chi connectivity index (χ0n) is 12.7. The minimum Gasteiger partial charge on any atom is -0.344 e. The lowest BCUT2D eigenvalue weighted by Gasteiger charge is -2.08. The molecule has 2 N–H and O–H groups in total. The summed E-state index contributed by atoms with van der Waals surface area (Å²) in [6, 6.07) is 11.0. The largest absolute Gasteiger partial charge is 0.344 e. The number of nitro benzene ring substituents is 1. The van der Waals surface area contributed by atoms with Gasteiger partial charge in [0.25, 0.3) is 5.69 Å². The van der Waals surface area contributed by atoms with Crippen LogP contribution in [0.25, 0.3) is 0 Å². The van der Waals surface area contributed by atoms with Crippen LogP contribution in [0.1, 0.15) is 11.1 Å². The highest BCUT2D eigenvalue weighted by Gasteiger charge is 2.17. The number of halogens is 1. The molecule has 0 atom stereocenters. The topological polar surface area (TPSA) is 101 Å². The quantitative estimate of drug-likeness (QED) is 0.504. The molecule has 0 aliphatic heterocycles. The monoisotopic (exact) mass is 347 g/mol. The van der Waals surface area contributed by atoms with Gasteiger partial charge < -0.3 is 10.6 Å². The van der Waals surface area contributed by atoms with E-state index in [0.29, 0.717) is 0 Å². The lowest BCUT2D eigenvalue weighted by atomic mass is 10.1. The highest BCUT2D eigenvalue weighted by molar-refractivity contribution is 6.41. The van der Waals surface area contributed by atoms with E-state index in [0.717, 1.165) is 17.2 Å². The summed E-state index contributed by atoms with van der Waals surface area (Å²) in [4.78, 5) is 33.8. The van der Waals surface area contributed by atoms with Gasteiger partial charge >= 0.3 is 11.8 Å². The van der Waals surface area contributed by atoms with Crippen molar-refractivity contribution in [1.82, 2.24) is 5.32 Å². The number of nitrogens with zero attached hydrogens (tertiary/aromatic N) is 1. The fraction of sp³-hybridized carbons (Fsp3) is 0.125. The molecular formula is C16H14ClN3O4. The van der Waals surface area contributed by atoms with Crippen LogP contribution in [0.3, 0.4) is 0 Å². The maximum atomic E-state index is 11.9. The van der Waals surface area contributed by atoms with E-state index >= 15 is 0 Å². The van der Waals surface area contributed by atoms with Crippen molar-refractivity contribution in [2.24, 2.45) is 0 Å². The average molecular weight is 348 g/mol. The molecule has 0 saturated carbocycles. The molecule has 0 heterocycles. The number of hydrogen-bond donors (Lipinski definition) is 2. The van der Waals surface area contributed by atoms with Crippen molar-refractivity contribution in [3.05, 3.63) is 68.7 Å². The van der Waals surface area contributed by atoms with Gasteiger partial charge in [0, 0.05) is 18.7 Å². The molecule has 0 spiro atoms. The third-order valence-corrected chi connectivity index (χ3v) is 3.52. The summed E-state index contributed by atoms with van der Waals surface area (Å²) in [7, 11) is 0. The highest BCUT2D eigenvalue weighted by atomic mass is 35.5. The molecule has 0 unspecified atom stereocenters. The van der Waals surface area contributed by atoms with Gasteiger partial charge in [-0.2, -0.15) is 0 Å². The van der Waals surface area contributed by atoms with E-state index in [2.05, 4.69) is 10.6 Å². The lowest BCUT2D eigenvalue weighted by molar-refractivity contribution is -0.384. The Hall–Kier alpha value is -2.93. The van der Waals surface area contributed by atoms with Crippen LogP contribution < -0.4 is 10.6 Å². The first kappa shape index (κ1) is 17.4. The number of anilines is 1. The van der Waals surface area contributed by atoms with Gasteiger partial charge in [-0.3, -0.25) is 19.7 Å². The molecule has 124 valence electrons. The second kappa shape index (κ2) is 7.56. The lowest BCUT2D eigenvalue weighted by Crippen LogP contribution is -2.35. The Morgan fingerprint density at radius 2 is 1.79 bits per heavy atom. The minimum absolute atomic E-state index is 0.00125. The Morgan fingerprint density at radius 3 is 2.42 bits per heavy atom. The number of non-ortho nitro benzene ring substituents is 1. The fourth-order valence-corrected chi connectivity index (χ4v) is 2.04. The van der Waals surface area contributed by atoms with E-state index < -0.39 is 16.7 Å². The van der Waals surface area contributed by atoms with Crippen molar-refractivity contribution in [1.29, 1.82) is 0 Å². The number of amides is 2. The van der Waals surface area contributed by atoms with Crippen LogP contribution >= 0.6 is 11.6 Å². The molecule has 0 fully saturated rings. The van der Waals surface area contributed by atoms with Gasteiger partial charge in [0.05, 0.1) is 15.6 Å². The molecule has 2 rings (SSSR count). The molecule has 0 saturated heterocycles. The smallest absolute Gasteiger partial charge is 0.313 e. The van der Waals surface area contributed by atoms with E-state index in [1.54, 1.807) is 0 Å². The van der Waals surface area contributed by atoms with E-state index in [1.165, 1.54) is 12.1 Å². The fourth-order valence-electron chi connectivity index (χ4n) is 1.87. The molecule has 0 aliphatic carbocycles. The van der Waals surface area contributed by atoms with Gasteiger partial charge in [0.1, 0.15) is 0 Å². The Bertz CT molecular complexity index is 790. The first-order valence-corrected chi connectivity index (χ1v) is 7.33. The molecule has 0 aromatic heterocycles. The van der Waals surface area contributed by atoms with Crippen LogP contribution in [-0.2, 0) is 16.1 Å². The van der Waals surface area contributed by atoms with Crippen LogP contribution in [0, 0.1) is 17.0 Å². The van der Waals surface area contributed by atoms with Crippen LogP contribution in [0.4, 0.5) is 11.4 Å². The predicted octanol–water partition coefficient (Wildman–Crippen LogP) is 2.81. The Kier molecular flexibility index (Phi) is 5.49. The summed E-state index contributed by atoms with van der Waals surface area (Å²) < 4.78 is 0. The normalized spacial score (nSPS) is 10.1. The summed E-state index contributed by atoms with van der Waals surface area (Å²) in [5, 5.41) is 15.6. The van der Waals surface area contributed by atoms with Crippen molar-refractivity contribution in [3.63, 3.8) is 0 Å². The number of carbonyl (C=O) groups is 2. The first-order chi connectivity index (χ1) is 11.4. The SMILES string of the molecule is Cc1ccc(CNC(=O)C(=O)Nc2cc([N+](=O)[O-])ccc2Cl)cc1. The van der Waals surface area contributed by atoms with Gasteiger partial charge in [0.2, 0.25) is 0 Å². The van der Waals surface area contributed by atoms with Crippen LogP contribution in [-0.4, -0.2) is 16.7 Å². The number of rotatable bonds is 4. The summed E-state index contributed by atoms with van der Waals surface area (Å²) in [5.74, 6) is -1.82. The molecule has 7 nitrogen and oxygen atoms in total. The van der Waals surface area contributed by atoms with E-state index in [-0.39, 0.29) is 22.9 Å². The zero-order chi connectivity index (χ0) is 17.7. The maximum absolute atomic E-state index is 11.9. The minimum atomic E-state index is -0.954. The number of nitro groups is 1. The third kappa shape index (κ3) is 4.53. The van der Waals surface area contributed by atoms with Gasteiger partial charge in [-0.15, -0.1) is 0 Å². The van der Waals surface area contributed by atoms with Crippen molar-refractivity contribution >= 4 is 34.8 Å². The van der Waals surface area contributed by atoms with E-state index in [4.69, 9.17) is 11.6 Å². The molecule has 8 heteroatoms. The summed E-state index contributed by atoms with van der Waals surface area (Å²) in [5.41, 5.74) is 1.69. The molecule has 0 aliphatic rings. The molecule has 24 heavy (non-hydrogen) atoms. The zero-order valence-corrected chi connectivity index (χ0v) is 13.5. The number of aryl methyl sites for hydroxylation is 1. The molecule has 0 bridgehead atoms. The average Bonchev–Trinajstić information content (AvgIpc) is 2.55. The second-order valence-corrected chi connectivity index (χ2v) is 5.45. The molecule has 0 radical (unpaired) electrons. The predicted molar refractivity (Wildman–Crippen MR) is 89.8 cm³/mol. The molecule has 2 aromatic rings. The van der Waals surface area contributed by atoms with Gasteiger partial charge in [-0.25, -0.2) is 0 Å². The number of carbonyl (C=O) groups excluding carboxylic acids is 2. The van der Waals surface area contributed by atoms with E-state index in [9.17, 15) is 19.7 Å². The highest BCUT2D eigenvalue weighted by Crippen LogP contribution is 2.26. The van der Waals surface area contributed by atoms with Crippen LogP contribution in [0.2, 0.25) is 5.02 Å². The van der Waals surface area contributed by atoms with Crippen LogP contribution in [0.5, 0.6) is 0 Å². The van der Waals surface area contributed by atoms with Gasteiger partial charge in [-0.1, -0.05) is 41.4 Å². The third-order valence-electron chi connectivity index (χ3n) is 3.19. The van der Waals surface area contributed by atoms with Crippen molar-refractivity contribution < 1.29 is 14.5 Å². The van der Waals surface area contributed by atoms with Gasteiger partial charge in [0.15, 0.2) is 0 Å². The van der Waals surface area contributed by atoms with Gasteiger partial charge in [-0.05, 0) is 18.6 Å². The summed E-state index contributed by atoms with van der Waals surface area (Å²) in [6.45, 7) is 2.13. The number of benzene rings is 2. The maximum Gasteiger partial charge on any atom is 0.313 e. The summed E-state index contributed by atoms with van der Waals surface area (Å²) >= 11 is 5.87. The van der Waals surface area contributed by atoms with Crippen molar-refractivity contribution in [2.75, 3.05) is 5.32 Å². The summed E-state index contributed by atoms with van der Waals surface area (Å²) in [6.07, 6.45) is 0.